The van der Waals surface area contributed by atoms with Crippen molar-refractivity contribution in [2.75, 3.05) is 5.73 Å². The van der Waals surface area contributed by atoms with Gasteiger partial charge in [0.15, 0.2) is 0 Å². The van der Waals surface area contributed by atoms with E-state index >= 15 is 0 Å². The molecule has 2 aromatic heterocycles. The van der Waals surface area contributed by atoms with E-state index in [1.54, 1.807) is 12.3 Å². The minimum Gasteiger partial charge on any atom is -0.399 e. The van der Waals surface area contributed by atoms with Gasteiger partial charge in [-0.1, -0.05) is 13.8 Å². The highest BCUT2D eigenvalue weighted by molar-refractivity contribution is 5.68. The Labute approximate surface area is 101 Å². The molecule has 0 unspecified atom stereocenters. The molecule has 4 nitrogen and oxygen atoms in total. The van der Waals surface area contributed by atoms with Crippen LogP contribution < -0.4 is 5.73 Å². The van der Waals surface area contributed by atoms with Crippen molar-refractivity contribution < 1.29 is 0 Å². The summed E-state index contributed by atoms with van der Waals surface area (Å²) in [5.41, 5.74) is 10.9. The lowest BCUT2D eigenvalue weighted by Crippen LogP contribution is -1.98. The zero-order chi connectivity index (χ0) is 12.4. The number of rotatable bonds is 3. The third kappa shape index (κ3) is 2.02. The smallest absolute Gasteiger partial charge is 0.0759 e. The van der Waals surface area contributed by atoms with E-state index in [4.69, 9.17) is 5.73 Å². The first-order valence-corrected chi connectivity index (χ1v) is 5.94. The van der Waals surface area contributed by atoms with Crippen LogP contribution >= 0.6 is 0 Å². The number of aryl methyl sites for hydroxylation is 2. The third-order valence-electron chi connectivity index (χ3n) is 2.95. The maximum atomic E-state index is 5.82. The van der Waals surface area contributed by atoms with Crippen LogP contribution in [0.3, 0.4) is 0 Å². The lowest BCUT2D eigenvalue weighted by molar-refractivity contribution is 0.705. The topological polar surface area (TPSA) is 56.7 Å². The summed E-state index contributed by atoms with van der Waals surface area (Å²) in [6, 6.07) is 3.71. The van der Waals surface area contributed by atoms with Crippen molar-refractivity contribution >= 4 is 5.69 Å². The first-order chi connectivity index (χ1) is 8.17. The van der Waals surface area contributed by atoms with E-state index in [0.29, 0.717) is 0 Å². The summed E-state index contributed by atoms with van der Waals surface area (Å²) in [7, 11) is 1.98. The third-order valence-corrected chi connectivity index (χ3v) is 2.95. The first-order valence-electron chi connectivity index (χ1n) is 5.94. The van der Waals surface area contributed by atoms with E-state index in [-0.39, 0.29) is 0 Å². The summed E-state index contributed by atoms with van der Waals surface area (Å²) in [5.74, 6) is 0. The highest BCUT2D eigenvalue weighted by Gasteiger charge is 2.16. The van der Waals surface area contributed by atoms with E-state index in [1.807, 2.05) is 17.8 Å². The fourth-order valence-electron chi connectivity index (χ4n) is 2.15. The van der Waals surface area contributed by atoms with Gasteiger partial charge in [0, 0.05) is 30.2 Å². The minimum absolute atomic E-state index is 0.739. The fraction of sp³-hybridized carbons (Fsp3) is 0.385. The van der Waals surface area contributed by atoms with Crippen molar-refractivity contribution in [3.05, 3.63) is 29.7 Å². The van der Waals surface area contributed by atoms with Gasteiger partial charge in [0.25, 0.3) is 0 Å². The second-order valence-corrected chi connectivity index (χ2v) is 4.07. The zero-order valence-electron chi connectivity index (χ0n) is 10.6. The van der Waals surface area contributed by atoms with Gasteiger partial charge < -0.3 is 5.73 Å². The SMILES string of the molecule is CCc1nn(C)c(CC)c1-c1cc(N)ccn1. The number of nitrogens with two attached hydrogens (primary N) is 1. The normalized spacial score (nSPS) is 10.8. The minimum atomic E-state index is 0.739. The Bertz CT molecular complexity index is 528. The maximum Gasteiger partial charge on any atom is 0.0759 e. The highest BCUT2D eigenvalue weighted by atomic mass is 15.3. The largest absolute Gasteiger partial charge is 0.399 e. The lowest BCUT2D eigenvalue weighted by atomic mass is 10.0. The van der Waals surface area contributed by atoms with Crippen LogP contribution in [0.2, 0.25) is 0 Å². The van der Waals surface area contributed by atoms with Crippen LogP contribution in [0.25, 0.3) is 11.3 Å². The summed E-state index contributed by atoms with van der Waals surface area (Å²) in [6.45, 7) is 4.24. The Morgan fingerprint density at radius 2 is 2.06 bits per heavy atom. The van der Waals surface area contributed by atoms with Gasteiger partial charge in [0.05, 0.1) is 11.4 Å². The van der Waals surface area contributed by atoms with E-state index < -0.39 is 0 Å². The summed E-state index contributed by atoms with van der Waals surface area (Å²) in [4.78, 5) is 4.41. The Kier molecular flexibility index (Phi) is 3.13. The van der Waals surface area contributed by atoms with Crippen LogP contribution in [0.5, 0.6) is 0 Å². The molecule has 0 aliphatic carbocycles. The first kappa shape index (κ1) is 11.6. The van der Waals surface area contributed by atoms with Crippen molar-refractivity contribution in [3.8, 4) is 11.3 Å². The van der Waals surface area contributed by atoms with Gasteiger partial charge in [-0.2, -0.15) is 5.10 Å². The van der Waals surface area contributed by atoms with Gasteiger partial charge in [-0.05, 0) is 25.0 Å². The van der Waals surface area contributed by atoms with Gasteiger partial charge in [0.1, 0.15) is 0 Å². The van der Waals surface area contributed by atoms with Gasteiger partial charge in [-0.15, -0.1) is 0 Å². The van der Waals surface area contributed by atoms with E-state index in [1.165, 1.54) is 5.69 Å². The van der Waals surface area contributed by atoms with Crippen LogP contribution in [0.15, 0.2) is 18.3 Å². The molecule has 0 saturated carbocycles. The number of hydrogen-bond donors (Lipinski definition) is 1. The second-order valence-electron chi connectivity index (χ2n) is 4.07. The number of aromatic nitrogens is 3. The molecule has 0 bridgehead atoms. The van der Waals surface area contributed by atoms with Gasteiger partial charge >= 0.3 is 0 Å². The summed E-state index contributed by atoms with van der Waals surface area (Å²) in [6.07, 6.45) is 3.59. The number of nitrogens with zero attached hydrogens (tertiary/aromatic N) is 3. The lowest BCUT2D eigenvalue weighted by Gasteiger charge is -2.05. The molecule has 2 rings (SSSR count). The molecule has 0 amide bonds. The average molecular weight is 230 g/mol. The molecule has 2 N–H and O–H groups in total. The fourth-order valence-corrected chi connectivity index (χ4v) is 2.15. The Morgan fingerprint density at radius 3 is 2.65 bits per heavy atom. The number of hydrogen-bond acceptors (Lipinski definition) is 3. The maximum absolute atomic E-state index is 5.82. The van der Waals surface area contributed by atoms with Crippen molar-refractivity contribution in [2.24, 2.45) is 7.05 Å². The Hall–Kier alpha value is -1.84. The van der Waals surface area contributed by atoms with Crippen molar-refractivity contribution in [2.45, 2.75) is 26.7 Å². The zero-order valence-corrected chi connectivity index (χ0v) is 10.6. The van der Waals surface area contributed by atoms with E-state index in [9.17, 15) is 0 Å². The number of pyridine rings is 1. The predicted octanol–water partition coefficient (Wildman–Crippen LogP) is 2.19. The molecule has 17 heavy (non-hydrogen) atoms. The molecular formula is C13H18N4. The predicted molar refractivity (Wildman–Crippen MR) is 69.6 cm³/mol. The Morgan fingerprint density at radius 1 is 1.29 bits per heavy atom. The molecule has 0 aliphatic rings. The molecule has 0 radical (unpaired) electrons. The van der Waals surface area contributed by atoms with Crippen molar-refractivity contribution in [3.63, 3.8) is 0 Å². The van der Waals surface area contributed by atoms with Gasteiger partial charge in [-0.25, -0.2) is 0 Å². The van der Waals surface area contributed by atoms with Crippen LogP contribution in [0.1, 0.15) is 25.2 Å². The molecule has 0 atom stereocenters. The van der Waals surface area contributed by atoms with Gasteiger partial charge in [-0.3, -0.25) is 9.67 Å². The molecule has 90 valence electrons. The quantitative estimate of drug-likeness (QED) is 0.879. The van der Waals surface area contributed by atoms with Crippen LogP contribution in [-0.2, 0) is 19.9 Å². The molecule has 4 heteroatoms. The Balaban J connectivity index is 2.64. The summed E-state index contributed by atoms with van der Waals surface area (Å²) in [5, 5.41) is 4.54. The number of nitrogen functional groups attached to an aromatic ring is 1. The second kappa shape index (κ2) is 4.57. The molecule has 2 heterocycles. The monoisotopic (exact) mass is 230 g/mol. The molecule has 0 aliphatic heterocycles. The average Bonchev–Trinajstić information content (AvgIpc) is 2.65. The van der Waals surface area contributed by atoms with E-state index in [2.05, 4.69) is 23.9 Å². The molecule has 0 saturated heterocycles. The van der Waals surface area contributed by atoms with Crippen LogP contribution in [0, 0.1) is 0 Å². The van der Waals surface area contributed by atoms with Crippen molar-refractivity contribution in [1.29, 1.82) is 0 Å². The molecule has 0 fully saturated rings. The summed E-state index contributed by atoms with van der Waals surface area (Å²) < 4.78 is 1.94. The molecule has 0 aromatic carbocycles. The summed E-state index contributed by atoms with van der Waals surface area (Å²) >= 11 is 0. The van der Waals surface area contributed by atoms with Gasteiger partial charge in [0.2, 0.25) is 0 Å². The standard InChI is InChI=1S/C13H18N4/c1-4-10-13(12(5-2)17(3)16-10)11-8-9(14)6-7-15-11/h6-8H,4-5H2,1-3H3,(H2,14,15). The van der Waals surface area contributed by atoms with E-state index in [0.717, 1.165) is 35.5 Å². The van der Waals surface area contributed by atoms with Crippen molar-refractivity contribution in [1.82, 2.24) is 14.8 Å². The van der Waals surface area contributed by atoms with Crippen LogP contribution in [0.4, 0.5) is 5.69 Å². The van der Waals surface area contributed by atoms with Crippen LogP contribution in [-0.4, -0.2) is 14.8 Å². The highest BCUT2D eigenvalue weighted by Crippen LogP contribution is 2.27. The number of anilines is 1. The molecule has 2 aromatic rings. The molecule has 0 spiro atoms. The molecular weight excluding hydrogens is 212 g/mol.